The van der Waals surface area contributed by atoms with Crippen LogP contribution < -0.4 is 16.1 Å². The zero-order chi connectivity index (χ0) is 18.8. The van der Waals surface area contributed by atoms with Gasteiger partial charge >= 0.3 is 5.63 Å². The number of amides is 1. The maximum atomic E-state index is 12.7. The standard InChI is InChI=1S/C20H26N2O4.ClH/c1-4-14-11-18(23)26-17-10-12(2)9-16(19(14)17)25-13(3)20(24)22-7-5-15(21)6-8-22;/h9-11,13,15H,4-8,21H2,1-3H3;1H. The number of carbonyl (C=O) groups excluding carboxylic acids is 1. The average Bonchev–Trinajstić information content (AvgIpc) is 2.60. The second kappa shape index (κ2) is 8.76. The van der Waals surface area contributed by atoms with Crippen molar-refractivity contribution in [3.8, 4) is 5.75 Å². The molecule has 1 fully saturated rings. The molecule has 1 atom stereocenters. The van der Waals surface area contributed by atoms with E-state index < -0.39 is 6.10 Å². The molecule has 1 saturated heterocycles. The van der Waals surface area contributed by atoms with E-state index in [0.29, 0.717) is 30.8 Å². The van der Waals surface area contributed by atoms with Crippen LogP contribution in [0, 0.1) is 6.92 Å². The first-order chi connectivity index (χ1) is 12.4. The van der Waals surface area contributed by atoms with Crippen molar-refractivity contribution in [2.75, 3.05) is 13.1 Å². The average molecular weight is 395 g/mol. The highest BCUT2D eigenvalue weighted by molar-refractivity contribution is 5.88. The Balaban J connectivity index is 0.00000261. The lowest BCUT2D eigenvalue weighted by molar-refractivity contribution is -0.138. The minimum Gasteiger partial charge on any atom is -0.480 e. The number of nitrogens with zero attached hydrogens (tertiary/aromatic N) is 1. The molecule has 0 bridgehead atoms. The first kappa shape index (κ1) is 21.3. The molecule has 1 aliphatic rings. The highest BCUT2D eigenvalue weighted by atomic mass is 35.5. The molecule has 1 aromatic carbocycles. The quantitative estimate of drug-likeness (QED) is 0.806. The number of hydrogen-bond donors (Lipinski definition) is 1. The van der Waals surface area contributed by atoms with Crippen LogP contribution in [0.15, 0.2) is 27.4 Å². The lowest BCUT2D eigenvalue weighted by Gasteiger charge is -2.32. The molecule has 3 rings (SSSR count). The summed E-state index contributed by atoms with van der Waals surface area (Å²) >= 11 is 0. The van der Waals surface area contributed by atoms with Crippen LogP contribution in [0.2, 0.25) is 0 Å². The zero-order valence-corrected chi connectivity index (χ0v) is 16.8. The van der Waals surface area contributed by atoms with Crippen LogP contribution in [0.1, 0.15) is 37.8 Å². The van der Waals surface area contributed by atoms with Gasteiger partial charge in [0.1, 0.15) is 11.3 Å². The number of hydrogen-bond acceptors (Lipinski definition) is 5. The van der Waals surface area contributed by atoms with Crippen LogP contribution in [0.25, 0.3) is 11.0 Å². The van der Waals surface area contributed by atoms with Crippen LogP contribution in [0.5, 0.6) is 5.75 Å². The highest BCUT2D eigenvalue weighted by Gasteiger charge is 2.26. The molecule has 1 unspecified atom stereocenters. The van der Waals surface area contributed by atoms with Gasteiger partial charge in [0.15, 0.2) is 6.10 Å². The monoisotopic (exact) mass is 394 g/mol. The Morgan fingerprint density at radius 3 is 2.63 bits per heavy atom. The molecule has 0 radical (unpaired) electrons. The lowest BCUT2D eigenvalue weighted by atomic mass is 10.0. The van der Waals surface area contributed by atoms with Gasteiger partial charge in [0.05, 0.1) is 5.39 Å². The number of rotatable bonds is 4. The molecule has 1 aromatic heterocycles. The van der Waals surface area contributed by atoms with Gasteiger partial charge in [0, 0.05) is 25.2 Å². The van der Waals surface area contributed by atoms with Gasteiger partial charge in [-0.2, -0.15) is 0 Å². The predicted molar refractivity (Wildman–Crippen MR) is 108 cm³/mol. The molecule has 6 nitrogen and oxygen atoms in total. The van der Waals surface area contributed by atoms with E-state index in [9.17, 15) is 9.59 Å². The van der Waals surface area contributed by atoms with E-state index in [1.165, 1.54) is 6.07 Å². The predicted octanol–water partition coefficient (Wildman–Crippen LogP) is 2.80. The summed E-state index contributed by atoms with van der Waals surface area (Å²) in [4.78, 5) is 26.3. The SMILES string of the molecule is CCc1cc(=O)oc2cc(C)cc(OC(C)C(=O)N3CCC(N)CC3)c12.Cl. The number of piperidine rings is 1. The molecule has 27 heavy (non-hydrogen) atoms. The maximum Gasteiger partial charge on any atom is 0.336 e. The molecular weight excluding hydrogens is 368 g/mol. The first-order valence-corrected chi connectivity index (χ1v) is 9.17. The van der Waals surface area contributed by atoms with Gasteiger partial charge in [0.25, 0.3) is 5.91 Å². The number of nitrogens with two attached hydrogens (primary N) is 1. The Kier molecular flexibility index (Phi) is 6.89. The van der Waals surface area contributed by atoms with Gasteiger partial charge < -0.3 is 19.8 Å². The Labute approximate surface area is 165 Å². The van der Waals surface area contributed by atoms with Gasteiger partial charge in [-0.1, -0.05) is 6.92 Å². The van der Waals surface area contributed by atoms with Gasteiger partial charge in [-0.25, -0.2) is 4.79 Å². The summed E-state index contributed by atoms with van der Waals surface area (Å²) in [6.45, 7) is 6.97. The molecule has 2 N–H and O–H groups in total. The lowest BCUT2D eigenvalue weighted by Crippen LogP contribution is -2.47. The Morgan fingerprint density at radius 2 is 2.00 bits per heavy atom. The fourth-order valence-electron chi connectivity index (χ4n) is 3.46. The molecule has 1 amide bonds. The summed E-state index contributed by atoms with van der Waals surface area (Å²) in [7, 11) is 0. The normalized spacial score (nSPS) is 16.1. The van der Waals surface area contributed by atoms with E-state index in [4.69, 9.17) is 14.9 Å². The van der Waals surface area contributed by atoms with Crippen LogP contribution >= 0.6 is 12.4 Å². The minimum absolute atomic E-state index is 0. The van der Waals surface area contributed by atoms with Gasteiger partial charge in [-0.3, -0.25) is 4.79 Å². The summed E-state index contributed by atoms with van der Waals surface area (Å²) < 4.78 is 11.4. The van der Waals surface area contributed by atoms with Crippen molar-refractivity contribution in [3.63, 3.8) is 0 Å². The van der Waals surface area contributed by atoms with Crippen molar-refractivity contribution in [2.24, 2.45) is 5.73 Å². The molecule has 7 heteroatoms. The van der Waals surface area contributed by atoms with Crippen LogP contribution in [0.3, 0.4) is 0 Å². The van der Waals surface area contributed by atoms with Gasteiger partial charge in [0.2, 0.25) is 0 Å². The smallest absolute Gasteiger partial charge is 0.336 e. The second-order valence-corrected chi connectivity index (χ2v) is 7.00. The third kappa shape index (κ3) is 4.62. The minimum atomic E-state index is -0.619. The van der Waals surface area contributed by atoms with Crippen LogP contribution in [0.4, 0.5) is 0 Å². The summed E-state index contributed by atoms with van der Waals surface area (Å²) in [6, 6.07) is 5.37. The highest BCUT2D eigenvalue weighted by Crippen LogP contribution is 2.31. The molecule has 2 aromatic rings. The molecule has 0 spiro atoms. The first-order valence-electron chi connectivity index (χ1n) is 9.17. The largest absolute Gasteiger partial charge is 0.480 e. The summed E-state index contributed by atoms with van der Waals surface area (Å²) in [5.74, 6) is 0.539. The van der Waals surface area contributed by atoms with Crippen LogP contribution in [-0.2, 0) is 11.2 Å². The third-order valence-electron chi connectivity index (χ3n) is 4.92. The number of benzene rings is 1. The van der Waals surface area contributed by atoms with E-state index in [1.54, 1.807) is 6.92 Å². The van der Waals surface area contributed by atoms with Crippen molar-refractivity contribution < 1.29 is 13.9 Å². The number of aryl methyl sites for hydroxylation is 2. The summed E-state index contributed by atoms with van der Waals surface area (Å²) in [5, 5.41) is 0.762. The second-order valence-electron chi connectivity index (χ2n) is 7.00. The zero-order valence-electron chi connectivity index (χ0n) is 16.0. The number of carbonyl (C=O) groups is 1. The number of halogens is 1. The Hall–Kier alpha value is -2.05. The Morgan fingerprint density at radius 1 is 1.33 bits per heavy atom. The molecule has 0 saturated carbocycles. The number of fused-ring (bicyclic) bond motifs is 1. The summed E-state index contributed by atoms with van der Waals surface area (Å²) in [5.41, 5.74) is 7.80. The molecule has 2 heterocycles. The van der Waals surface area contributed by atoms with Crippen LogP contribution in [-0.4, -0.2) is 36.0 Å². The Bertz CT molecular complexity index is 872. The van der Waals surface area contributed by atoms with E-state index in [1.807, 2.05) is 30.9 Å². The van der Waals surface area contributed by atoms with Crippen molar-refractivity contribution in [1.82, 2.24) is 4.90 Å². The van der Waals surface area contributed by atoms with E-state index in [-0.39, 0.29) is 30.0 Å². The van der Waals surface area contributed by atoms with Gasteiger partial charge in [-0.15, -0.1) is 12.4 Å². The maximum absolute atomic E-state index is 12.7. The number of ether oxygens (including phenoxy) is 1. The van der Waals surface area contributed by atoms with E-state index in [2.05, 4.69) is 0 Å². The fraction of sp³-hybridized carbons (Fsp3) is 0.500. The third-order valence-corrected chi connectivity index (χ3v) is 4.92. The topological polar surface area (TPSA) is 85.8 Å². The molecule has 0 aliphatic carbocycles. The summed E-state index contributed by atoms with van der Waals surface area (Å²) in [6.07, 6.45) is 1.69. The fourth-order valence-corrected chi connectivity index (χ4v) is 3.46. The van der Waals surface area contributed by atoms with E-state index in [0.717, 1.165) is 29.4 Å². The molecular formula is C20H27ClN2O4. The van der Waals surface area contributed by atoms with E-state index >= 15 is 0 Å². The van der Waals surface area contributed by atoms with Gasteiger partial charge in [-0.05, 0) is 56.4 Å². The number of likely N-dealkylation sites (tertiary alicyclic amines) is 1. The van der Waals surface area contributed by atoms with Crippen molar-refractivity contribution >= 4 is 29.3 Å². The van der Waals surface area contributed by atoms with Crippen molar-refractivity contribution in [3.05, 3.63) is 39.7 Å². The molecule has 1 aliphatic heterocycles. The van der Waals surface area contributed by atoms with Crippen molar-refractivity contribution in [2.45, 2.75) is 52.2 Å². The molecule has 148 valence electrons. The van der Waals surface area contributed by atoms with Crippen molar-refractivity contribution in [1.29, 1.82) is 0 Å².